The van der Waals surface area contributed by atoms with Gasteiger partial charge in [0.05, 0.1) is 11.4 Å². The summed E-state index contributed by atoms with van der Waals surface area (Å²) in [4.78, 5) is 4.18. The Balaban J connectivity index is 1.93. The summed E-state index contributed by atoms with van der Waals surface area (Å²) < 4.78 is 0. The molecule has 0 spiro atoms. The van der Waals surface area contributed by atoms with Crippen molar-refractivity contribution in [3.63, 3.8) is 0 Å². The number of nitrogens with zero attached hydrogens (tertiary/aromatic N) is 3. The largest absolute Gasteiger partial charge is 0.506 e. The zero-order valence-corrected chi connectivity index (χ0v) is 13.5. The molecule has 3 aromatic rings. The zero-order chi connectivity index (χ0) is 16.4. The van der Waals surface area contributed by atoms with E-state index in [4.69, 9.17) is 0 Å². The molecule has 0 saturated heterocycles. The fraction of sp³-hybridized carbons (Fsp3) is 0.211. The van der Waals surface area contributed by atoms with E-state index in [0.29, 0.717) is 11.2 Å². The van der Waals surface area contributed by atoms with E-state index in [2.05, 4.69) is 48.1 Å². The predicted octanol–water partition coefficient (Wildman–Crippen LogP) is 5.65. The second-order valence-electron chi connectivity index (χ2n) is 6.50. The average molecular weight is 305 g/mol. The summed E-state index contributed by atoms with van der Waals surface area (Å²) >= 11 is 0. The van der Waals surface area contributed by atoms with Crippen molar-refractivity contribution in [1.82, 2.24) is 4.98 Å². The number of phenols is 1. The summed E-state index contributed by atoms with van der Waals surface area (Å²) in [6.45, 7) is 6.54. The maximum atomic E-state index is 9.85. The zero-order valence-electron chi connectivity index (χ0n) is 13.5. The highest BCUT2D eigenvalue weighted by molar-refractivity contribution is 5.93. The minimum atomic E-state index is 0.120. The van der Waals surface area contributed by atoms with Gasteiger partial charge in [0.25, 0.3) is 0 Å². The maximum absolute atomic E-state index is 9.85. The number of aromatic nitrogens is 1. The molecular formula is C19H19N3O. The van der Waals surface area contributed by atoms with E-state index < -0.39 is 0 Å². The van der Waals surface area contributed by atoms with E-state index in [-0.39, 0.29) is 11.2 Å². The third kappa shape index (κ3) is 3.21. The molecule has 4 heteroatoms. The lowest BCUT2D eigenvalue weighted by Gasteiger charge is -2.18. The van der Waals surface area contributed by atoms with Gasteiger partial charge < -0.3 is 5.11 Å². The van der Waals surface area contributed by atoms with Crippen LogP contribution in [0.4, 0.5) is 11.4 Å². The summed E-state index contributed by atoms with van der Waals surface area (Å²) in [7, 11) is 0. The van der Waals surface area contributed by atoms with Crippen LogP contribution in [-0.4, -0.2) is 10.1 Å². The first-order valence-corrected chi connectivity index (χ1v) is 7.54. The minimum Gasteiger partial charge on any atom is -0.506 e. The standard InChI is InChI=1S/C19H19N3O/c1-19(2,3)13-6-8-14(9-7-13)21-22-16-10-11-17(23)18-15(16)5-4-12-20-18/h4-12,23H,1-3H3. The van der Waals surface area contributed by atoms with Crippen LogP contribution in [0.2, 0.25) is 0 Å². The third-order valence-corrected chi connectivity index (χ3v) is 3.73. The van der Waals surface area contributed by atoms with E-state index >= 15 is 0 Å². The van der Waals surface area contributed by atoms with Crippen molar-refractivity contribution in [2.45, 2.75) is 26.2 Å². The molecule has 1 N–H and O–H groups in total. The molecule has 2 aromatic carbocycles. The highest BCUT2D eigenvalue weighted by Gasteiger charge is 2.12. The van der Waals surface area contributed by atoms with Gasteiger partial charge in [0.15, 0.2) is 0 Å². The van der Waals surface area contributed by atoms with Crippen molar-refractivity contribution >= 4 is 22.3 Å². The molecule has 3 rings (SSSR count). The smallest absolute Gasteiger partial charge is 0.141 e. The molecule has 116 valence electrons. The maximum Gasteiger partial charge on any atom is 0.141 e. The topological polar surface area (TPSA) is 57.8 Å². The molecule has 0 fully saturated rings. The second-order valence-corrected chi connectivity index (χ2v) is 6.50. The first kappa shape index (κ1) is 15.2. The number of pyridine rings is 1. The molecule has 0 radical (unpaired) electrons. The van der Waals surface area contributed by atoms with Crippen LogP contribution >= 0.6 is 0 Å². The van der Waals surface area contributed by atoms with Crippen LogP contribution in [0.3, 0.4) is 0 Å². The Bertz CT molecular complexity index is 862. The highest BCUT2D eigenvalue weighted by atomic mass is 16.3. The first-order chi connectivity index (χ1) is 10.9. The number of benzene rings is 2. The van der Waals surface area contributed by atoms with E-state index in [1.54, 1.807) is 18.3 Å². The summed E-state index contributed by atoms with van der Waals surface area (Å²) in [6.07, 6.45) is 1.65. The molecule has 1 heterocycles. The molecule has 1 aromatic heterocycles. The van der Waals surface area contributed by atoms with Crippen molar-refractivity contribution in [3.05, 3.63) is 60.3 Å². The molecule has 0 amide bonds. The molecule has 0 aliphatic carbocycles. The minimum absolute atomic E-state index is 0.120. The Hall–Kier alpha value is -2.75. The Labute approximate surface area is 135 Å². The Morgan fingerprint density at radius 1 is 0.913 bits per heavy atom. The van der Waals surface area contributed by atoms with Gasteiger partial charge in [-0.2, -0.15) is 5.11 Å². The lowest BCUT2D eigenvalue weighted by atomic mass is 9.87. The van der Waals surface area contributed by atoms with Gasteiger partial charge in [-0.05, 0) is 47.4 Å². The van der Waals surface area contributed by atoms with Gasteiger partial charge >= 0.3 is 0 Å². The number of phenolic OH excluding ortho intramolecular Hbond substituents is 1. The summed E-state index contributed by atoms with van der Waals surface area (Å²) in [5.74, 6) is 0.147. The van der Waals surface area contributed by atoms with Gasteiger partial charge in [0.1, 0.15) is 11.3 Å². The van der Waals surface area contributed by atoms with Gasteiger partial charge in [-0.25, -0.2) is 0 Å². The number of fused-ring (bicyclic) bond motifs is 1. The van der Waals surface area contributed by atoms with Gasteiger partial charge in [0, 0.05) is 11.6 Å². The predicted molar refractivity (Wildman–Crippen MR) is 92.7 cm³/mol. The van der Waals surface area contributed by atoms with Crippen LogP contribution in [0.5, 0.6) is 5.75 Å². The van der Waals surface area contributed by atoms with Crippen LogP contribution in [0, 0.1) is 0 Å². The lowest BCUT2D eigenvalue weighted by molar-refractivity contribution is 0.480. The normalized spacial score (nSPS) is 12.1. The SMILES string of the molecule is CC(C)(C)c1ccc(N=Nc2ccc(O)c3ncccc23)cc1. The summed E-state index contributed by atoms with van der Waals surface area (Å²) in [5.41, 5.74) is 3.39. The van der Waals surface area contributed by atoms with Crippen molar-refractivity contribution in [1.29, 1.82) is 0 Å². The Morgan fingerprint density at radius 2 is 1.65 bits per heavy atom. The summed E-state index contributed by atoms with van der Waals surface area (Å²) in [5, 5.41) is 19.2. The molecule has 0 saturated carbocycles. The molecule has 0 bridgehead atoms. The monoisotopic (exact) mass is 305 g/mol. The van der Waals surface area contributed by atoms with Crippen molar-refractivity contribution < 1.29 is 5.11 Å². The average Bonchev–Trinajstić information content (AvgIpc) is 2.54. The highest BCUT2D eigenvalue weighted by Crippen LogP contribution is 2.32. The summed E-state index contributed by atoms with van der Waals surface area (Å²) in [6, 6.07) is 15.1. The van der Waals surface area contributed by atoms with Crippen molar-refractivity contribution in [2.75, 3.05) is 0 Å². The van der Waals surface area contributed by atoms with Crippen LogP contribution in [0.15, 0.2) is 65.0 Å². The molecular weight excluding hydrogens is 286 g/mol. The Morgan fingerprint density at radius 3 is 2.35 bits per heavy atom. The van der Waals surface area contributed by atoms with E-state index in [1.165, 1.54) is 5.56 Å². The fourth-order valence-corrected chi connectivity index (χ4v) is 2.37. The third-order valence-electron chi connectivity index (χ3n) is 3.73. The van der Waals surface area contributed by atoms with Gasteiger partial charge in [-0.1, -0.05) is 32.9 Å². The van der Waals surface area contributed by atoms with Gasteiger partial charge in [-0.3, -0.25) is 4.98 Å². The second kappa shape index (κ2) is 5.80. The fourth-order valence-electron chi connectivity index (χ4n) is 2.37. The van der Waals surface area contributed by atoms with E-state index in [1.807, 2.05) is 24.3 Å². The molecule has 0 aliphatic heterocycles. The molecule has 0 atom stereocenters. The van der Waals surface area contributed by atoms with Crippen LogP contribution in [0.1, 0.15) is 26.3 Å². The molecule has 0 unspecified atom stereocenters. The van der Waals surface area contributed by atoms with Crippen LogP contribution in [-0.2, 0) is 5.41 Å². The molecule has 0 aliphatic rings. The number of hydrogen-bond acceptors (Lipinski definition) is 4. The number of azo groups is 1. The molecule has 23 heavy (non-hydrogen) atoms. The van der Waals surface area contributed by atoms with Gasteiger partial charge in [-0.15, -0.1) is 5.11 Å². The van der Waals surface area contributed by atoms with Crippen LogP contribution < -0.4 is 0 Å². The van der Waals surface area contributed by atoms with Gasteiger partial charge in [0.2, 0.25) is 0 Å². The lowest BCUT2D eigenvalue weighted by Crippen LogP contribution is -2.10. The Kier molecular flexibility index (Phi) is 3.82. The van der Waals surface area contributed by atoms with Crippen LogP contribution in [0.25, 0.3) is 10.9 Å². The molecule has 4 nitrogen and oxygen atoms in total. The number of aromatic hydroxyl groups is 1. The quantitative estimate of drug-likeness (QED) is 0.622. The number of rotatable bonds is 2. The first-order valence-electron chi connectivity index (χ1n) is 7.54. The number of hydrogen-bond donors (Lipinski definition) is 1. The van der Waals surface area contributed by atoms with Crippen molar-refractivity contribution in [2.24, 2.45) is 10.2 Å². The van der Waals surface area contributed by atoms with E-state index in [9.17, 15) is 5.11 Å². The van der Waals surface area contributed by atoms with E-state index in [0.717, 1.165) is 11.1 Å². The van der Waals surface area contributed by atoms with Crippen molar-refractivity contribution in [3.8, 4) is 5.75 Å².